The van der Waals surface area contributed by atoms with Crippen LogP contribution < -0.4 is 31.0 Å². The Bertz CT molecular complexity index is 1900. The van der Waals surface area contributed by atoms with E-state index in [1.54, 1.807) is 44.2 Å². The molecule has 3 N–H and O–H groups in total. The molecule has 3 aromatic heterocycles. The van der Waals surface area contributed by atoms with Gasteiger partial charge in [0.2, 0.25) is 0 Å². The van der Waals surface area contributed by atoms with E-state index in [9.17, 15) is 14.0 Å². The number of methoxy groups -OCH3 is 3. The molecule has 2 unspecified atom stereocenters. The summed E-state index contributed by atoms with van der Waals surface area (Å²) in [7, 11) is 6.77. The van der Waals surface area contributed by atoms with Crippen molar-refractivity contribution in [2.24, 2.45) is 0 Å². The first-order chi connectivity index (χ1) is 24.1. The van der Waals surface area contributed by atoms with Crippen molar-refractivity contribution in [2.45, 2.75) is 82.1 Å². The second-order valence-corrected chi connectivity index (χ2v) is 13.3. The predicted octanol–water partition coefficient (Wildman–Crippen LogP) is 5.26. The molecule has 2 aliphatic rings. The molecule has 2 saturated carbocycles. The van der Waals surface area contributed by atoms with Crippen molar-refractivity contribution in [3.8, 4) is 11.5 Å². The minimum atomic E-state index is -1.16. The number of anilines is 2. The standard InChI is InChI=1S/C35H43ClFN7O6/c1-42(17-21-5-8-25(48-3)14-29(21)49-4)28-15-31(36)41-33-32(28)39-19-44(33)35(46)40-27-12-22(37)13-30(27)50-18-20-11-26(38)34(45)43(16-20)23-6-9-24(47-2)10-7-23/h5,8,11,14-16,19,22-24,27,30H,6-7,9-10,12-13,17-18,38H2,1-4H3,(H,40,46)/t22?,23?,24?,27-,30?/m1/s1. The number of hydrogen-bond acceptors (Lipinski definition) is 10. The van der Waals surface area contributed by atoms with Gasteiger partial charge in [-0.3, -0.25) is 4.79 Å². The number of nitrogens with zero attached hydrogens (tertiary/aromatic N) is 5. The van der Waals surface area contributed by atoms with Gasteiger partial charge in [-0.1, -0.05) is 11.6 Å². The molecule has 2 aliphatic carbocycles. The Labute approximate surface area is 294 Å². The monoisotopic (exact) mass is 711 g/mol. The molecule has 0 bridgehead atoms. The van der Waals surface area contributed by atoms with Gasteiger partial charge in [0.05, 0.1) is 50.5 Å². The number of nitrogens with two attached hydrogens (primary N) is 1. The number of amides is 1. The molecule has 3 heterocycles. The van der Waals surface area contributed by atoms with Gasteiger partial charge in [0.25, 0.3) is 5.56 Å². The summed E-state index contributed by atoms with van der Waals surface area (Å²) < 4.78 is 40.3. The number of aromatic nitrogens is 4. The molecule has 0 spiro atoms. The van der Waals surface area contributed by atoms with Crippen LogP contribution in [0.25, 0.3) is 11.2 Å². The van der Waals surface area contributed by atoms with Crippen LogP contribution >= 0.6 is 11.6 Å². The minimum absolute atomic E-state index is 0.0163. The highest BCUT2D eigenvalue weighted by Gasteiger charge is 2.37. The van der Waals surface area contributed by atoms with Gasteiger partial charge in [-0.05, 0) is 49.4 Å². The van der Waals surface area contributed by atoms with E-state index in [0.29, 0.717) is 34.8 Å². The van der Waals surface area contributed by atoms with Crippen molar-refractivity contribution >= 4 is 40.2 Å². The summed E-state index contributed by atoms with van der Waals surface area (Å²) >= 11 is 6.45. The van der Waals surface area contributed by atoms with Crippen LogP contribution in [0.3, 0.4) is 0 Å². The number of halogens is 2. The smallest absolute Gasteiger partial charge is 0.328 e. The van der Waals surface area contributed by atoms with Crippen molar-refractivity contribution in [2.75, 3.05) is 39.0 Å². The number of fused-ring (bicyclic) bond motifs is 1. The molecule has 6 rings (SSSR count). The molecule has 0 saturated heterocycles. The molecular weight excluding hydrogens is 669 g/mol. The number of imidazole rings is 1. The van der Waals surface area contributed by atoms with Crippen molar-refractivity contribution in [1.82, 2.24) is 24.4 Å². The Hall–Kier alpha value is -4.40. The van der Waals surface area contributed by atoms with Crippen LogP contribution in [0, 0.1) is 0 Å². The molecule has 3 atom stereocenters. The van der Waals surface area contributed by atoms with Crippen LogP contribution in [0.1, 0.15) is 55.7 Å². The number of hydrogen-bond donors (Lipinski definition) is 2. The van der Waals surface area contributed by atoms with Gasteiger partial charge in [0, 0.05) is 63.5 Å². The van der Waals surface area contributed by atoms with Gasteiger partial charge in [-0.25, -0.2) is 23.7 Å². The van der Waals surface area contributed by atoms with Crippen molar-refractivity contribution in [1.29, 1.82) is 0 Å². The number of ether oxygens (including phenoxy) is 4. The van der Waals surface area contributed by atoms with Gasteiger partial charge in [0.1, 0.15) is 34.7 Å². The second-order valence-electron chi connectivity index (χ2n) is 12.9. The summed E-state index contributed by atoms with van der Waals surface area (Å²) in [6, 6.07) is 7.72. The molecule has 1 amide bonds. The van der Waals surface area contributed by atoms with Crippen LogP contribution in [-0.2, 0) is 22.6 Å². The maximum atomic E-state index is 14.8. The highest BCUT2D eigenvalue weighted by atomic mass is 35.5. The van der Waals surface area contributed by atoms with E-state index in [2.05, 4.69) is 15.3 Å². The summed E-state index contributed by atoms with van der Waals surface area (Å²) in [6.07, 6.45) is 5.10. The zero-order valence-corrected chi connectivity index (χ0v) is 29.4. The quantitative estimate of drug-likeness (QED) is 0.198. The fourth-order valence-corrected chi connectivity index (χ4v) is 7.19. The molecule has 2 fully saturated rings. The van der Waals surface area contributed by atoms with Crippen molar-refractivity contribution in [3.05, 3.63) is 69.5 Å². The predicted molar refractivity (Wildman–Crippen MR) is 188 cm³/mol. The van der Waals surface area contributed by atoms with Crippen LogP contribution in [0.5, 0.6) is 11.5 Å². The lowest BCUT2D eigenvalue weighted by Gasteiger charge is -2.29. The first-order valence-corrected chi connectivity index (χ1v) is 17.0. The third-order valence-corrected chi connectivity index (χ3v) is 9.90. The van der Waals surface area contributed by atoms with Gasteiger partial charge in [-0.2, -0.15) is 0 Å². The first kappa shape index (κ1) is 35.4. The first-order valence-electron chi connectivity index (χ1n) is 16.6. The topological polar surface area (TPSA) is 148 Å². The number of nitrogen functional groups attached to an aromatic ring is 1. The Morgan fingerprint density at radius 3 is 2.62 bits per heavy atom. The largest absolute Gasteiger partial charge is 0.497 e. The number of benzene rings is 1. The van der Waals surface area contributed by atoms with E-state index in [1.165, 1.54) is 10.9 Å². The number of pyridine rings is 2. The third kappa shape index (κ3) is 7.52. The summed E-state index contributed by atoms with van der Waals surface area (Å²) in [5.74, 6) is 1.33. The average Bonchev–Trinajstić information content (AvgIpc) is 3.70. The molecule has 0 radical (unpaired) electrons. The zero-order chi connectivity index (χ0) is 35.5. The normalized spacial score (nSPS) is 22.1. The molecule has 13 nitrogen and oxygen atoms in total. The Kier molecular flexibility index (Phi) is 10.8. The molecule has 50 heavy (non-hydrogen) atoms. The molecule has 4 aromatic rings. The molecule has 268 valence electrons. The Morgan fingerprint density at radius 2 is 1.90 bits per heavy atom. The van der Waals surface area contributed by atoms with Crippen molar-refractivity contribution in [3.63, 3.8) is 0 Å². The lowest BCUT2D eigenvalue weighted by molar-refractivity contribution is 0.0268. The number of carbonyl (C=O) groups is 1. The molecule has 1 aromatic carbocycles. The average molecular weight is 712 g/mol. The summed E-state index contributed by atoms with van der Waals surface area (Å²) in [6.45, 7) is 0.542. The Morgan fingerprint density at radius 1 is 1.12 bits per heavy atom. The van der Waals surface area contributed by atoms with E-state index in [1.807, 2.05) is 30.1 Å². The highest BCUT2D eigenvalue weighted by Crippen LogP contribution is 2.33. The maximum absolute atomic E-state index is 14.8. The van der Waals surface area contributed by atoms with E-state index in [-0.39, 0.29) is 53.6 Å². The lowest BCUT2D eigenvalue weighted by atomic mass is 9.92. The van der Waals surface area contributed by atoms with Gasteiger partial charge < -0.3 is 39.5 Å². The summed E-state index contributed by atoms with van der Waals surface area (Å²) in [4.78, 5) is 37.4. The van der Waals surface area contributed by atoms with E-state index < -0.39 is 24.3 Å². The van der Waals surface area contributed by atoms with Crippen molar-refractivity contribution < 1.29 is 28.1 Å². The molecule has 15 heteroatoms. The summed E-state index contributed by atoms with van der Waals surface area (Å²) in [5.41, 5.74) is 8.98. The lowest BCUT2D eigenvalue weighted by Crippen LogP contribution is -2.43. The minimum Gasteiger partial charge on any atom is -0.497 e. The van der Waals surface area contributed by atoms with Gasteiger partial charge in [0.15, 0.2) is 5.65 Å². The fraction of sp³-hybridized carbons (Fsp3) is 0.486. The van der Waals surface area contributed by atoms with E-state index in [4.69, 9.17) is 36.3 Å². The third-order valence-electron chi connectivity index (χ3n) is 9.70. The van der Waals surface area contributed by atoms with Crippen LogP contribution in [0.2, 0.25) is 5.15 Å². The SMILES string of the molecule is COc1ccc(CN(C)c2cc(Cl)nc3c2ncn3C(=O)N[C@@H]2CC(F)CC2OCc2cc(N)c(=O)n(C3CCC(OC)CC3)c2)c(OC)c1. The van der Waals surface area contributed by atoms with Gasteiger partial charge in [-0.15, -0.1) is 0 Å². The fourth-order valence-electron chi connectivity index (χ4n) is 7.01. The molecule has 0 aliphatic heterocycles. The van der Waals surface area contributed by atoms with E-state index in [0.717, 1.165) is 31.2 Å². The number of alkyl halides is 1. The highest BCUT2D eigenvalue weighted by molar-refractivity contribution is 6.30. The van der Waals surface area contributed by atoms with E-state index >= 15 is 0 Å². The maximum Gasteiger partial charge on any atom is 0.328 e. The summed E-state index contributed by atoms with van der Waals surface area (Å²) in [5, 5.41) is 3.09. The zero-order valence-electron chi connectivity index (χ0n) is 28.6. The number of nitrogens with one attached hydrogen (secondary N) is 1. The number of rotatable bonds is 11. The molecular formula is C35H43ClFN7O6. The van der Waals surface area contributed by atoms with Crippen LogP contribution in [0.15, 0.2) is 47.7 Å². The Balaban J connectivity index is 1.15. The van der Waals surface area contributed by atoms with Crippen LogP contribution in [-0.4, -0.2) is 77.9 Å². The number of carbonyl (C=O) groups excluding carboxylic acids is 1. The van der Waals surface area contributed by atoms with Crippen LogP contribution in [0.4, 0.5) is 20.6 Å². The second kappa shape index (κ2) is 15.2. The van der Waals surface area contributed by atoms with Gasteiger partial charge >= 0.3 is 6.03 Å².